The number of primary amides is 1. The molecule has 2 amide bonds. The highest BCUT2D eigenvalue weighted by Gasteiger charge is 2.18. The van der Waals surface area contributed by atoms with E-state index in [1.54, 1.807) is 24.3 Å². The summed E-state index contributed by atoms with van der Waals surface area (Å²) in [6.45, 7) is -0.996. The Morgan fingerprint density at radius 2 is 1.64 bits per heavy atom. The molecule has 0 atom stereocenters. The predicted molar refractivity (Wildman–Crippen MR) is 100 cm³/mol. The van der Waals surface area contributed by atoms with Crippen LogP contribution in [0.2, 0.25) is 5.02 Å². The Balaban J connectivity index is 1.90. The molecule has 9 heteroatoms. The van der Waals surface area contributed by atoms with Gasteiger partial charge in [-0.25, -0.2) is 9.18 Å². The molecular formula is C19H18ClFN2O5. The highest BCUT2D eigenvalue weighted by molar-refractivity contribution is 6.30. The average molecular weight is 409 g/mol. The van der Waals surface area contributed by atoms with Gasteiger partial charge in [0, 0.05) is 23.7 Å². The molecule has 0 bridgehead atoms. The number of hydrogen-bond acceptors (Lipinski definition) is 5. The lowest BCUT2D eigenvalue weighted by atomic mass is 10.2. The molecule has 148 valence electrons. The lowest BCUT2D eigenvalue weighted by Gasteiger charge is -2.22. The van der Waals surface area contributed by atoms with E-state index in [2.05, 4.69) is 0 Å². The molecule has 28 heavy (non-hydrogen) atoms. The summed E-state index contributed by atoms with van der Waals surface area (Å²) in [5, 5.41) is 0.525. The van der Waals surface area contributed by atoms with Gasteiger partial charge in [0.15, 0.2) is 13.2 Å². The molecule has 0 aromatic heterocycles. The van der Waals surface area contributed by atoms with Crippen molar-refractivity contribution in [1.29, 1.82) is 0 Å². The fourth-order valence-electron chi connectivity index (χ4n) is 2.18. The summed E-state index contributed by atoms with van der Waals surface area (Å²) >= 11 is 5.75. The zero-order valence-corrected chi connectivity index (χ0v) is 15.5. The summed E-state index contributed by atoms with van der Waals surface area (Å²) in [6, 6.07) is 11.5. The van der Waals surface area contributed by atoms with Gasteiger partial charge in [-0.3, -0.25) is 9.59 Å². The van der Waals surface area contributed by atoms with Gasteiger partial charge in [-0.05, 0) is 48.5 Å². The van der Waals surface area contributed by atoms with Gasteiger partial charge in [-0.2, -0.15) is 0 Å². The molecule has 2 N–H and O–H groups in total. The quantitative estimate of drug-likeness (QED) is 0.642. The second-order valence-electron chi connectivity index (χ2n) is 5.64. The van der Waals surface area contributed by atoms with Crippen LogP contribution in [0, 0.1) is 5.82 Å². The Kier molecular flexibility index (Phi) is 7.76. The maximum Gasteiger partial charge on any atom is 0.344 e. The van der Waals surface area contributed by atoms with E-state index >= 15 is 0 Å². The first kappa shape index (κ1) is 21.2. The Morgan fingerprint density at radius 1 is 1.00 bits per heavy atom. The van der Waals surface area contributed by atoms with Crippen molar-refractivity contribution in [1.82, 2.24) is 0 Å². The third kappa shape index (κ3) is 6.88. The SMILES string of the molecule is NC(=O)CCN(C(=O)COC(=O)COc1ccc(Cl)cc1)c1ccc(F)cc1. The Morgan fingerprint density at radius 3 is 2.25 bits per heavy atom. The number of rotatable bonds is 9. The smallest absolute Gasteiger partial charge is 0.344 e. The van der Waals surface area contributed by atoms with Crippen LogP contribution < -0.4 is 15.4 Å². The van der Waals surface area contributed by atoms with Crippen LogP contribution in [-0.2, 0) is 19.1 Å². The first-order valence-electron chi connectivity index (χ1n) is 8.23. The fraction of sp³-hybridized carbons (Fsp3) is 0.211. The van der Waals surface area contributed by atoms with Gasteiger partial charge >= 0.3 is 5.97 Å². The van der Waals surface area contributed by atoms with Gasteiger partial charge in [-0.15, -0.1) is 0 Å². The second kappa shape index (κ2) is 10.3. The number of halogens is 2. The summed E-state index contributed by atoms with van der Waals surface area (Å²) < 4.78 is 23.2. The minimum absolute atomic E-state index is 0.0291. The first-order chi connectivity index (χ1) is 13.3. The first-order valence-corrected chi connectivity index (χ1v) is 8.61. The summed E-state index contributed by atoms with van der Waals surface area (Å²) in [7, 11) is 0. The number of ether oxygens (including phenoxy) is 2. The van der Waals surface area contributed by atoms with E-state index in [4.69, 9.17) is 26.8 Å². The van der Waals surface area contributed by atoms with E-state index < -0.39 is 36.8 Å². The molecule has 0 spiro atoms. The van der Waals surface area contributed by atoms with Crippen molar-refractivity contribution in [2.75, 3.05) is 24.7 Å². The van der Waals surface area contributed by atoms with Crippen molar-refractivity contribution in [2.24, 2.45) is 5.73 Å². The van der Waals surface area contributed by atoms with Crippen LogP contribution in [0.25, 0.3) is 0 Å². The van der Waals surface area contributed by atoms with Crippen molar-refractivity contribution in [3.63, 3.8) is 0 Å². The van der Waals surface area contributed by atoms with E-state index in [0.717, 1.165) is 0 Å². The fourth-order valence-corrected chi connectivity index (χ4v) is 2.30. The highest BCUT2D eigenvalue weighted by atomic mass is 35.5. The number of benzene rings is 2. The molecule has 2 aromatic carbocycles. The monoisotopic (exact) mass is 408 g/mol. The van der Waals surface area contributed by atoms with Crippen LogP contribution in [0.5, 0.6) is 5.75 Å². The molecule has 0 saturated heterocycles. The summed E-state index contributed by atoms with van der Waals surface area (Å²) in [5.74, 6) is -2.00. The second-order valence-corrected chi connectivity index (χ2v) is 6.08. The number of anilines is 1. The Bertz CT molecular complexity index is 827. The van der Waals surface area contributed by atoms with Gasteiger partial charge in [0.1, 0.15) is 11.6 Å². The zero-order valence-electron chi connectivity index (χ0n) is 14.8. The molecule has 0 aliphatic rings. The molecule has 0 aliphatic carbocycles. The normalized spacial score (nSPS) is 10.2. The van der Waals surface area contributed by atoms with E-state index in [9.17, 15) is 18.8 Å². The van der Waals surface area contributed by atoms with Crippen molar-refractivity contribution < 1.29 is 28.2 Å². The Hall–Kier alpha value is -3.13. The van der Waals surface area contributed by atoms with Crippen LogP contribution in [0.1, 0.15) is 6.42 Å². The molecular weight excluding hydrogens is 391 g/mol. The molecule has 2 aromatic rings. The van der Waals surface area contributed by atoms with Crippen molar-refractivity contribution >= 4 is 35.1 Å². The molecule has 0 unspecified atom stereocenters. The Labute approximate surface area is 165 Å². The molecule has 7 nitrogen and oxygen atoms in total. The van der Waals surface area contributed by atoms with Crippen LogP contribution in [0.4, 0.5) is 10.1 Å². The maximum atomic E-state index is 13.1. The summed E-state index contributed by atoms with van der Waals surface area (Å²) in [4.78, 5) is 36.4. The molecule has 0 saturated carbocycles. The van der Waals surface area contributed by atoms with Gasteiger partial charge in [0.05, 0.1) is 0 Å². The van der Waals surface area contributed by atoms with Gasteiger partial charge < -0.3 is 20.1 Å². The lowest BCUT2D eigenvalue weighted by molar-refractivity contribution is -0.149. The van der Waals surface area contributed by atoms with Crippen LogP contribution in [0.3, 0.4) is 0 Å². The molecule has 0 radical (unpaired) electrons. The number of nitrogens with two attached hydrogens (primary N) is 1. The number of carbonyl (C=O) groups is 3. The van der Waals surface area contributed by atoms with Crippen molar-refractivity contribution in [2.45, 2.75) is 6.42 Å². The van der Waals surface area contributed by atoms with Crippen LogP contribution in [0.15, 0.2) is 48.5 Å². The number of hydrogen-bond donors (Lipinski definition) is 1. The highest BCUT2D eigenvalue weighted by Crippen LogP contribution is 2.17. The third-order valence-corrected chi connectivity index (χ3v) is 3.80. The molecule has 0 heterocycles. The van der Waals surface area contributed by atoms with E-state index in [0.29, 0.717) is 16.5 Å². The number of nitrogens with zero attached hydrogens (tertiary/aromatic N) is 1. The number of amides is 2. The van der Waals surface area contributed by atoms with Crippen molar-refractivity contribution in [3.8, 4) is 5.75 Å². The topological polar surface area (TPSA) is 98.9 Å². The summed E-state index contributed by atoms with van der Waals surface area (Å²) in [5.41, 5.74) is 5.47. The zero-order chi connectivity index (χ0) is 20.5. The minimum Gasteiger partial charge on any atom is -0.482 e. The number of carbonyl (C=O) groups excluding carboxylic acids is 3. The van der Waals surface area contributed by atoms with Gasteiger partial charge in [-0.1, -0.05) is 11.6 Å². The minimum atomic E-state index is -0.753. The summed E-state index contributed by atoms with van der Waals surface area (Å²) in [6.07, 6.45) is -0.100. The van der Waals surface area contributed by atoms with Gasteiger partial charge in [0.25, 0.3) is 5.91 Å². The van der Waals surface area contributed by atoms with E-state index in [1.165, 1.54) is 29.2 Å². The molecule has 2 rings (SSSR count). The standard InChI is InChI=1S/C19H18ClFN2O5/c20-13-1-7-16(8-2-13)27-12-19(26)28-11-18(25)23(10-9-17(22)24)15-5-3-14(21)4-6-15/h1-8H,9-12H2,(H2,22,24). The molecule has 0 fully saturated rings. The van der Waals surface area contributed by atoms with Crippen molar-refractivity contribution in [3.05, 3.63) is 59.4 Å². The lowest BCUT2D eigenvalue weighted by Crippen LogP contribution is -2.37. The van der Waals surface area contributed by atoms with Gasteiger partial charge in [0.2, 0.25) is 5.91 Å². The number of esters is 1. The van der Waals surface area contributed by atoms with Crippen LogP contribution in [-0.4, -0.2) is 37.5 Å². The molecule has 0 aliphatic heterocycles. The largest absolute Gasteiger partial charge is 0.482 e. The average Bonchev–Trinajstić information content (AvgIpc) is 2.67. The predicted octanol–water partition coefficient (Wildman–Crippen LogP) is 2.31. The van der Waals surface area contributed by atoms with Crippen LogP contribution >= 0.6 is 11.6 Å². The van der Waals surface area contributed by atoms with E-state index in [1.807, 2.05) is 0 Å². The third-order valence-electron chi connectivity index (χ3n) is 3.55. The van der Waals surface area contributed by atoms with E-state index in [-0.39, 0.29) is 13.0 Å². The maximum absolute atomic E-state index is 13.1.